The Morgan fingerprint density at radius 1 is 1.11 bits per heavy atom. The third-order valence-corrected chi connectivity index (χ3v) is 3.47. The maximum Gasteiger partial charge on any atom is 0.253 e. The Morgan fingerprint density at radius 3 is 2.22 bits per heavy atom. The second-order valence-electron chi connectivity index (χ2n) is 5.05. The maximum atomic E-state index is 11.4. The fourth-order valence-corrected chi connectivity index (χ4v) is 2.25. The van der Waals surface area contributed by atoms with E-state index in [4.69, 9.17) is 5.73 Å². The first kappa shape index (κ1) is 13.0. The average Bonchev–Trinajstić information content (AvgIpc) is 2.37. The summed E-state index contributed by atoms with van der Waals surface area (Å²) in [5.74, 6) is 0. The lowest BCUT2D eigenvalue weighted by Gasteiger charge is -2.36. The predicted molar refractivity (Wildman–Crippen MR) is 73.0 cm³/mol. The first-order valence-electron chi connectivity index (χ1n) is 6.21. The maximum absolute atomic E-state index is 11.4. The van der Waals surface area contributed by atoms with Gasteiger partial charge in [0.05, 0.1) is 0 Å². The van der Waals surface area contributed by atoms with Crippen LogP contribution >= 0.6 is 0 Å². The van der Waals surface area contributed by atoms with Gasteiger partial charge in [-0.1, -0.05) is 0 Å². The Labute approximate surface area is 106 Å². The van der Waals surface area contributed by atoms with Crippen molar-refractivity contribution >= 4 is 11.4 Å². The Balaban J connectivity index is 1.88. The Hall–Kier alpha value is -1.40. The van der Waals surface area contributed by atoms with Gasteiger partial charge in [-0.15, -0.1) is 0 Å². The molecule has 6 nitrogen and oxygen atoms in total. The number of hydrogen-bond acceptors (Lipinski definition) is 6. The number of hydrogen-bond donors (Lipinski definition) is 1. The summed E-state index contributed by atoms with van der Waals surface area (Å²) in [4.78, 5) is 28.9. The van der Waals surface area contributed by atoms with E-state index in [1.54, 1.807) is 0 Å². The molecule has 0 spiro atoms. The number of likely N-dealkylation sites (N-methyl/N-ethyl adjacent to an activating group) is 1. The highest BCUT2D eigenvalue weighted by Crippen LogP contribution is 2.18. The summed E-state index contributed by atoms with van der Waals surface area (Å²) in [6.45, 7) is 5.41. The number of nitrogen functional groups attached to an aromatic ring is 1. The van der Waals surface area contributed by atoms with E-state index >= 15 is 0 Å². The van der Waals surface area contributed by atoms with E-state index in [1.165, 1.54) is 0 Å². The van der Waals surface area contributed by atoms with Gasteiger partial charge in [0.1, 0.15) is 11.4 Å². The molecule has 1 saturated heterocycles. The minimum absolute atomic E-state index is 0.141. The highest BCUT2D eigenvalue weighted by atomic mass is 16.2. The molecule has 100 valence electrons. The van der Waals surface area contributed by atoms with Gasteiger partial charge < -0.3 is 15.5 Å². The predicted octanol–water partition coefficient (Wildman–Crippen LogP) is -1.45. The van der Waals surface area contributed by atoms with E-state index in [0.717, 1.165) is 39.3 Å². The van der Waals surface area contributed by atoms with Crippen LogP contribution in [-0.4, -0.2) is 63.2 Å². The summed E-state index contributed by atoms with van der Waals surface area (Å²) in [5, 5.41) is 0. The molecule has 0 saturated carbocycles. The molecule has 2 N–H and O–H groups in total. The number of nitrogens with zero attached hydrogens (tertiary/aromatic N) is 3. The summed E-state index contributed by atoms with van der Waals surface area (Å²) in [5.41, 5.74) is 5.20. The van der Waals surface area contributed by atoms with Crippen LogP contribution < -0.4 is 21.5 Å². The van der Waals surface area contributed by atoms with Crippen molar-refractivity contribution in [1.82, 2.24) is 9.80 Å². The Bertz CT molecular complexity index is 482. The molecule has 1 fully saturated rings. The first-order chi connectivity index (χ1) is 8.50. The molecule has 0 unspecified atom stereocenters. The molecule has 0 aliphatic carbocycles. The lowest BCUT2D eigenvalue weighted by atomic mass is 10.1. The van der Waals surface area contributed by atoms with Gasteiger partial charge in [0, 0.05) is 39.3 Å². The van der Waals surface area contributed by atoms with Gasteiger partial charge in [0.25, 0.3) is 10.9 Å². The number of anilines is 2. The normalized spacial score (nSPS) is 17.8. The molecule has 0 atom stereocenters. The van der Waals surface area contributed by atoms with Crippen molar-refractivity contribution in [2.24, 2.45) is 0 Å². The van der Waals surface area contributed by atoms with Crippen LogP contribution in [0.3, 0.4) is 0 Å². The average molecular weight is 252 g/mol. The van der Waals surface area contributed by atoms with E-state index in [9.17, 15) is 9.59 Å². The highest BCUT2D eigenvalue weighted by Gasteiger charge is 2.26. The summed E-state index contributed by atoms with van der Waals surface area (Å²) < 4.78 is 0. The number of piperazine rings is 1. The van der Waals surface area contributed by atoms with Crippen molar-refractivity contribution in [2.75, 3.05) is 64.0 Å². The summed E-state index contributed by atoms with van der Waals surface area (Å²) in [7, 11) is 4.11. The van der Waals surface area contributed by atoms with Gasteiger partial charge in [-0.25, -0.2) is 0 Å². The van der Waals surface area contributed by atoms with Crippen molar-refractivity contribution < 1.29 is 0 Å². The number of rotatable bonds is 4. The minimum atomic E-state index is -0.528. The van der Waals surface area contributed by atoms with Gasteiger partial charge >= 0.3 is 0 Å². The second kappa shape index (κ2) is 5.07. The fraction of sp³-hybridized carbons (Fsp3) is 0.667. The van der Waals surface area contributed by atoms with Gasteiger partial charge in [-0.05, 0) is 14.1 Å². The van der Waals surface area contributed by atoms with Crippen LogP contribution in [0, 0.1) is 0 Å². The zero-order valence-corrected chi connectivity index (χ0v) is 11.0. The van der Waals surface area contributed by atoms with Crippen LogP contribution in [-0.2, 0) is 0 Å². The largest absolute Gasteiger partial charge is 0.394 e. The topological polar surface area (TPSA) is 69.9 Å². The fourth-order valence-electron chi connectivity index (χ4n) is 2.25. The molecule has 0 radical (unpaired) electrons. The summed E-state index contributed by atoms with van der Waals surface area (Å²) >= 11 is 0. The van der Waals surface area contributed by atoms with Crippen LogP contribution in [0.5, 0.6) is 0 Å². The molecule has 1 heterocycles. The molecule has 18 heavy (non-hydrogen) atoms. The van der Waals surface area contributed by atoms with E-state index < -0.39 is 10.9 Å². The van der Waals surface area contributed by atoms with Gasteiger partial charge in [-0.3, -0.25) is 14.5 Å². The van der Waals surface area contributed by atoms with Crippen LogP contribution in [0.1, 0.15) is 0 Å². The highest BCUT2D eigenvalue weighted by molar-refractivity contribution is 5.72. The monoisotopic (exact) mass is 252 g/mol. The van der Waals surface area contributed by atoms with Crippen molar-refractivity contribution in [2.45, 2.75) is 0 Å². The molecule has 0 aromatic heterocycles. The molecular formula is C12H20N4O2. The first-order valence-corrected chi connectivity index (χ1v) is 6.21. The van der Waals surface area contributed by atoms with E-state index in [1.807, 2.05) is 4.90 Å². The zero-order chi connectivity index (χ0) is 13.3. The lowest BCUT2D eigenvalue weighted by Crippen LogP contribution is -2.52. The van der Waals surface area contributed by atoms with Crippen LogP contribution in [0.25, 0.3) is 0 Å². The third-order valence-electron chi connectivity index (χ3n) is 3.47. The SMILES string of the molecule is CN(C)CCN1CCN(c2c(N)c(=O)c2=O)CC1. The zero-order valence-electron chi connectivity index (χ0n) is 11.0. The van der Waals surface area contributed by atoms with Crippen molar-refractivity contribution in [3.05, 3.63) is 20.4 Å². The molecule has 1 aromatic rings. The smallest absolute Gasteiger partial charge is 0.253 e. The van der Waals surface area contributed by atoms with Gasteiger partial charge in [0.2, 0.25) is 0 Å². The van der Waals surface area contributed by atoms with Gasteiger partial charge in [0.15, 0.2) is 0 Å². The minimum Gasteiger partial charge on any atom is -0.394 e. The Kier molecular flexibility index (Phi) is 3.68. The summed E-state index contributed by atoms with van der Waals surface area (Å²) in [6, 6.07) is 0. The molecule has 1 aromatic carbocycles. The Morgan fingerprint density at radius 2 is 1.72 bits per heavy atom. The van der Waals surface area contributed by atoms with Crippen molar-refractivity contribution in [1.29, 1.82) is 0 Å². The number of nitrogens with two attached hydrogens (primary N) is 1. The van der Waals surface area contributed by atoms with E-state index in [2.05, 4.69) is 23.9 Å². The molecule has 6 heteroatoms. The van der Waals surface area contributed by atoms with Crippen LogP contribution in [0.2, 0.25) is 0 Å². The molecule has 1 aliphatic heterocycles. The molecule has 1 aliphatic rings. The molecular weight excluding hydrogens is 232 g/mol. The van der Waals surface area contributed by atoms with E-state index in [-0.39, 0.29) is 5.69 Å². The van der Waals surface area contributed by atoms with Crippen LogP contribution in [0.15, 0.2) is 9.59 Å². The second-order valence-corrected chi connectivity index (χ2v) is 5.05. The molecule has 0 amide bonds. The summed E-state index contributed by atoms with van der Waals surface area (Å²) in [6.07, 6.45) is 0. The quantitative estimate of drug-likeness (QED) is 0.661. The van der Waals surface area contributed by atoms with Crippen molar-refractivity contribution in [3.63, 3.8) is 0 Å². The van der Waals surface area contributed by atoms with Gasteiger partial charge in [-0.2, -0.15) is 0 Å². The van der Waals surface area contributed by atoms with Crippen LogP contribution in [0.4, 0.5) is 11.4 Å². The lowest BCUT2D eigenvalue weighted by molar-refractivity contribution is 0.229. The standard InChI is InChI=1S/C12H20N4O2/c1-14(2)3-4-15-5-7-16(8-6-15)10-9(13)11(17)12(10)18/h3-8,13H2,1-2H3. The van der Waals surface area contributed by atoms with E-state index in [0.29, 0.717) is 5.69 Å². The molecule has 0 bridgehead atoms. The third kappa shape index (κ3) is 2.39. The van der Waals surface area contributed by atoms with Crippen molar-refractivity contribution in [3.8, 4) is 0 Å². The molecule has 2 rings (SSSR count).